The molecule has 2 atom stereocenters. The van der Waals surface area contributed by atoms with E-state index in [0.717, 1.165) is 28.9 Å². The lowest BCUT2D eigenvalue weighted by Gasteiger charge is -2.35. The van der Waals surface area contributed by atoms with Gasteiger partial charge in [0, 0.05) is 17.6 Å². The van der Waals surface area contributed by atoms with E-state index >= 15 is 0 Å². The van der Waals surface area contributed by atoms with Gasteiger partial charge < -0.3 is 10.6 Å². The normalized spacial score (nSPS) is 17.7. The monoisotopic (exact) mass is 400 g/mol. The summed E-state index contributed by atoms with van der Waals surface area (Å²) in [5.74, 6) is -0.601. The first-order valence-corrected chi connectivity index (χ1v) is 9.92. The Kier molecular flexibility index (Phi) is 4.56. The first-order valence-electron chi connectivity index (χ1n) is 9.92. The maximum atomic E-state index is 14.3. The lowest BCUT2D eigenvalue weighted by molar-refractivity contribution is 0.618. The van der Waals surface area contributed by atoms with E-state index < -0.39 is 11.4 Å². The summed E-state index contributed by atoms with van der Waals surface area (Å²) in [5.41, 5.74) is 4.26. The Morgan fingerprint density at radius 3 is 2.63 bits per heavy atom. The zero-order valence-electron chi connectivity index (χ0n) is 16.4. The van der Waals surface area contributed by atoms with Crippen LogP contribution in [0.4, 0.5) is 10.1 Å². The fourth-order valence-corrected chi connectivity index (χ4v) is 4.42. The first-order chi connectivity index (χ1) is 14.7. The molecule has 0 amide bonds. The molecule has 4 aromatic rings. The molecule has 5 nitrogen and oxygen atoms in total. The summed E-state index contributed by atoms with van der Waals surface area (Å²) in [4.78, 5) is 12.4. The van der Waals surface area contributed by atoms with Crippen LogP contribution in [0.25, 0.3) is 10.8 Å². The van der Waals surface area contributed by atoms with E-state index in [4.69, 9.17) is 0 Å². The van der Waals surface area contributed by atoms with Crippen molar-refractivity contribution in [1.29, 1.82) is 0 Å². The van der Waals surface area contributed by atoms with E-state index in [9.17, 15) is 9.18 Å². The summed E-state index contributed by atoms with van der Waals surface area (Å²) in [6.07, 6.45) is 0. The average Bonchev–Trinajstić information content (AvgIpc) is 2.76. The number of benzene rings is 3. The third kappa shape index (κ3) is 3.06. The maximum Gasteiger partial charge on any atom is 0.272 e. The van der Waals surface area contributed by atoms with Crippen molar-refractivity contribution in [2.45, 2.75) is 18.5 Å². The quantitative estimate of drug-likeness (QED) is 0.483. The summed E-state index contributed by atoms with van der Waals surface area (Å²) in [7, 11) is 1.92. The van der Waals surface area contributed by atoms with Crippen LogP contribution in [0, 0.1) is 5.82 Å². The number of nitrogens with zero attached hydrogens (tertiary/aromatic N) is 1. The molecular weight excluding hydrogens is 379 g/mol. The smallest absolute Gasteiger partial charge is 0.272 e. The maximum absolute atomic E-state index is 14.3. The van der Waals surface area contributed by atoms with Gasteiger partial charge in [0.2, 0.25) is 0 Å². The Bertz CT molecular complexity index is 1290. The van der Waals surface area contributed by atoms with Crippen molar-refractivity contribution in [3.8, 4) is 0 Å². The highest BCUT2D eigenvalue weighted by atomic mass is 19.1. The summed E-state index contributed by atoms with van der Waals surface area (Å²) in [5, 5.41) is 14.7. The van der Waals surface area contributed by atoms with Gasteiger partial charge in [-0.05, 0) is 35.9 Å². The topological polar surface area (TPSA) is 69.8 Å². The molecule has 0 fully saturated rings. The van der Waals surface area contributed by atoms with Gasteiger partial charge in [0.1, 0.15) is 5.82 Å². The van der Waals surface area contributed by atoms with Gasteiger partial charge in [0.15, 0.2) is 0 Å². The van der Waals surface area contributed by atoms with E-state index in [1.54, 1.807) is 0 Å². The average molecular weight is 400 g/mol. The van der Waals surface area contributed by atoms with Crippen LogP contribution in [0.5, 0.6) is 0 Å². The van der Waals surface area contributed by atoms with Crippen LogP contribution in [0.15, 0.2) is 71.5 Å². The number of anilines is 1. The zero-order valence-corrected chi connectivity index (χ0v) is 16.4. The number of halogens is 1. The standard InChI is InChI=1S/C24H21FN4O/c1-26-13-14-6-5-9-16(10-14)20-22(15-7-3-2-4-8-15)27-19-12-17(25)11-18-21(19)23(20)28-29-24(18)30/h2-12,20,22,26-27H,13H2,1H3,(H,29,30). The van der Waals surface area contributed by atoms with Gasteiger partial charge in [0.05, 0.1) is 23.0 Å². The number of hydrogen-bond acceptors (Lipinski definition) is 4. The van der Waals surface area contributed by atoms with Gasteiger partial charge in [-0.2, -0.15) is 5.10 Å². The van der Waals surface area contributed by atoms with Gasteiger partial charge in [0.25, 0.3) is 5.56 Å². The van der Waals surface area contributed by atoms with Crippen molar-refractivity contribution in [3.05, 3.63) is 105 Å². The molecule has 1 aliphatic rings. The lowest BCUT2D eigenvalue weighted by atomic mass is 9.79. The summed E-state index contributed by atoms with van der Waals surface area (Å²) >= 11 is 0. The molecular formula is C24H21FN4O. The Morgan fingerprint density at radius 1 is 1.03 bits per heavy atom. The molecule has 2 heterocycles. The van der Waals surface area contributed by atoms with Gasteiger partial charge in [-0.1, -0.05) is 54.6 Å². The highest BCUT2D eigenvalue weighted by molar-refractivity contribution is 5.97. The third-order valence-corrected chi connectivity index (χ3v) is 5.67. The van der Waals surface area contributed by atoms with Crippen LogP contribution < -0.4 is 16.2 Å². The lowest BCUT2D eigenvalue weighted by Crippen LogP contribution is -2.28. The molecule has 5 rings (SSSR count). The van der Waals surface area contributed by atoms with E-state index in [1.807, 2.05) is 31.3 Å². The largest absolute Gasteiger partial charge is 0.377 e. The van der Waals surface area contributed by atoms with E-state index in [-0.39, 0.29) is 12.0 Å². The van der Waals surface area contributed by atoms with E-state index in [1.165, 1.54) is 12.1 Å². The molecule has 0 saturated heterocycles. The predicted octanol–water partition coefficient (Wildman–Crippen LogP) is 4.08. The zero-order chi connectivity index (χ0) is 20.7. The Morgan fingerprint density at radius 2 is 1.83 bits per heavy atom. The third-order valence-electron chi connectivity index (χ3n) is 5.67. The Labute approximate surface area is 173 Å². The van der Waals surface area contributed by atoms with Gasteiger partial charge in [-0.3, -0.25) is 4.79 Å². The molecule has 3 aromatic carbocycles. The van der Waals surface area contributed by atoms with Crippen molar-refractivity contribution in [2.24, 2.45) is 0 Å². The van der Waals surface area contributed by atoms with Crippen LogP contribution in [-0.4, -0.2) is 17.2 Å². The second-order valence-electron chi connectivity index (χ2n) is 7.60. The van der Waals surface area contributed by atoms with Crippen molar-refractivity contribution in [3.63, 3.8) is 0 Å². The van der Waals surface area contributed by atoms with Crippen LogP contribution in [0.2, 0.25) is 0 Å². The van der Waals surface area contributed by atoms with Crippen LogP contribution >= 0.6 is 0 Å². The van der Waals surface area contributed by atoms with Crippen molar-refractivity contribution < 1.29 is 4.39 Å². The minimum absolute atomic E-state index is 0.151. The van der Waals surface area contributed by atoms with Crippen LogP contribution in [-0.2, 0) is 6.54 Å². The molecule has 2 unspecified atom stereocenters. The molecule has 0 radical (unpaired) electrons. The van der Waals surface area contributed by atoms with Gasteiger partial charge in [-0.15, -0.1) is 0 Å². The highest BCUT2D eigenvalue weighted by Crippen LogP contribution is 2.46. The number of aromatic nitrogens is 2. The Hall–Kier alpha value is -3.51. The number of nitrogens with one attached hydrogen (secondary N) is 3. The van der Waals surface area contributed by atoms with Crippen LogP contribution in [0.1, 0.15) is 34.3 Å². The van der Waals surface area contributed by atoms with E-state index in [2.05, 4.69) is 51.2 Å². The van der Waals surface area contributed by atoms with Crippen molar-refractivity contribution in [2.75, 3.05) is 12.4 Å². The minimum atomic E-state index is -0.450. The molecule has 0 spiro atoms. The molecule has 1 aromatic heterocycles. The van der Waals surface area contributed by atoms with Crippen molar-refractivity contribution in [1.82, 2.24) is 15.5 Å². The molecule has 0 aliphatic carbocycles. The Balaban J connectivity index is 1.78. The molecule has 150 valence electrons. The van der Waals surface area contributed by atoms with Gasteiger partial charge >= 0.3 is 0 Å². The summed E-state index contributed by atoms with van der Waals surface area (Å²) in [6.45, 7) is 0.750. The van der Waals surface area contributed by atoms with Crippen molar-refractivity contribution >= 4 is 16.5 Å². The summed E-state index contributed by atoms with van der Waals surface area (Å²) < 4.78 is 14.3. The fraction of sp³-hybridized carbons (Fsp3) is 0.167. The summed E-state index contributed by atoms with van der Waals surface area (Å²) in [6, 6.07) is 21.0. The number of rotatable bonds is 4. The fourth-order valence-electron chi connectivity index (χ4n) is 4.42. The second kappa shape index (κ2) is 7.39. The van der Waals surface area contributed by atoms with Crippen LogP contribution in [0.3, 0.4) is 0 Å². The molecule has 3 N–H and O–H groups in total. The molecule has 6 heteroatoms. The molecule has 0 saturated carbocycles. The molecule has 30 heavy (non-hydrogen) atoms. The first kappa shape index (κ1) is 18.5. The minimum Gasteiger partial charge on any atom is -0.377 e. The number of H-pyrrole nitrogens is 1. The SMILES string of the molecule is CNCc1cccc(C2c3n[nH]c(=O)c4cc(F)cc(c34)NC2c2ccccc2)c1. The van der Waals surface area contributed by atoms with Gasteiger partial charge in [-0.25, -0.2) is 9.49 Å². The highest BCUT2D eigenvalue weighted by Gasteiger charge is 2.35. The number of aromatic amines is 1. The molecule has 0 bridgehead atoms. The number of hydrogen-bond donors (Lipinski definition) is 3. The second-order valence-corrected chi connectivity index (χ2v) is 7.60. The predicted molar refractivity (Wildman–Crippen MR) is 116 cm³/mol. The molecule has 1 aliphatic heterocycles. The van der Waals surface area contributed by atoms with E-state index in [0.29, 0.717) is 16.5 Å².